The standard InChI is InChI=1S/C14H18N2O2S2/c1-9(6-10-4-5-19-7-10)15-13-16-11(8-20-13)14(2,3)12(17)18/h4-5,7-9H,6H2,1-3H3,(H,15,16)(H,17,18). The molecule has 0 radical (unpaired) electrons. The second-order valence-electron chi connectivity index (χ2n) is 5.35. The van der Waals surface area contributed by atoms with Gasteiger partial charge >= 0.3 is 5.97 Å². The number of thiophene rings is 1. The predicted molar refractivity (Wildman–Crippen MR) is 83.9 cm³/mol. The number of anilines is 1. The highest BCUT2D eigenvalue weighted by molar-refractivity contribution is 7.13. The SMILES string of the molecule is CC(Cc1ccsc1)Nc1nc(C(C)(C)C(=O)O)cs1. The van der Waals surface area contributed by atoms with Crippen LogP contribution in [-0.2, 0) is 16.6 Å². The Morgan fingerprint density at radius 3 is 2.85 bits per heavy atom. The van der Waals surface area contributed by atoms with E-state index in [0.717, 1.165) is 11.6 Å². The molecule has 2 N–H and O–H groups in total. The predicted octanol–water partition coefficient (Wildman–Crippen LogP) is 3.61. The van der Waals surface area contributed by atoms with E-state index in [4.69, 9.17) is 0 Å². The van der Waals surface area contributed by atoms with Gasteiger partial charge in [-0.2, -0.15) is 11.3 Å². The van der Waals surface area contributed by atoms with Gasteiger partial charge in [-0.3, -0.25) is 4.79 Å². The summed E-state index contributed by atoms with van der Waals surface area (Å²) in [5, 5.41) is 19.3. The van der Waals surface area contributed by atoms with E-state index >= 15 is 0 Å². The van der Waals surface area contributed by atoms with Crippen LogP contribution in [0.25, 0.3) is 0 Å². The summed E-state index contributed by atoms with van der Waals surface area (Å²) in [5.41, 5.74) is 0.949. The zero-order valence-corrected chi connectivity index (χ0v) is 13.3. The molecular weight excluding hydrogens is 292 g/mol. The van der Waals surface area contributed by atoms with Crippen molar-refractivity contribution in [2.75, 3.05) is 5.32 Å². The van der Waals surface area contributed by atoms with Gasteiger partial charge in [0.15, 0.2) is 5.13 Å². The molecule has 0 aliphatic heterocycles. The molecule has 0 aliphatic rings. The lowest BCUT2D eigenvalue weighted by molar-refractivity contribution is -0.142. The van der Waals surface area contributed by atoms with Gasteiger partial charge in [-0.05, 0) is 49.6 Å². The Bertz CT molecular complexity index is 576. The van der Waals surface area contributed by atoms with E-state index in [0.29, 0.717) is 5.69 Å². The molecule has 2 aromatic heterocycles. The van der Waals surface area contributed by atoms with Gasteiger partial charge in [0.05, 0.1) is 5.69 Å². The molecule has 4 nitrogen and oxygen atoms in total. The molecule has 108 valence electrons. The van der Waals surface area contributed by atoms with E-state index in [1.54, 1.807) is 25.2 Å². The minimum absolute atomic E-state index is 0.261. The first kappa shape index (κ1) is 15.0. The van der Waals surface area contributed by atoms with Crippen molar-refractivity contribution in [1.29, 1.82) is 0 Å². The number of nitrogens with zero attached hydrogens (tertiary/aromatic N) is 1. The fraction of sp³-hybridized carbons (Fsp3) is 0.429. The molecule has 0 aromatic carbocycles. The number of aliphatic carboxylic acids is 1. The maximum absolute atomic E-state index is 11.2. The van der Waals surface area contributed by atoms with Crippen molar-refractivity contribution in [3.8, 4) is 0 Å². The third kappa shape index (κ3) is 3.37. The maximum Gasteiger partial charge on any atom is 0.315 e. The summed E-state index contributed by atoms with van der Waals surface area (Å²) in [4.78, 5) is 15.6. The molecule has 20 heavy (non-hydrogen) atoms. The molecule has 1 atom stereocenters. The molecule has 0 saturated heterocycles. The summed E-state index contributed by atoms with van der Waals surface area (Å²) < 4.78 is 0. The highest BCUT2D eigenvalue weighted by Gasteiger charge is 2.32. The average molecular weight is 310 g/mol. The molecule has 2 heterocycles. The number of thiazole rings is 1. The number of hydrogen-bond donors (Lipinski definition) is 2. The molecule has 6 heteroatoms. The van der Waals surface area contributed by atoms with Crippen molar-refractivity contribution in [2.45, 2.75) is 38.6 Å². The second kappa shape index (κ2) is 5.93. The number of carboxylic acid groups (broad SMARTS) is 1. The number of hydrogen-bond acceptors (Lipinski definition) is 5. The molecule has 1 unspecified atom stereocenters. The first-order chi connectivity index (χ1) is 9.39. The van der Waals surface area contributed by atoms with Crippen LogP contribution in [0.15, 0.2) is 22.2 Å². The highest BCUT2D eigenvalue weighted by atomic mass is 32.1. The smallest absolute Gasteiger partial charge is 0.315 e. The first-order valence-electron chi connectivity index (χ1n) is 6.36. The van der Waals surface area contributed by atoms with Crippen LogP contribution in [0.4, 0.5) is 5.13 Å². The van der Waals surface area contributed by atoms with Crippen molar-refractivity contribution in [3.05, 3.63) is 33.5 Å². The average Bonchev–Trinajstić information content (AvgIpc) is 3.00. The van der Waals surface area contributed by atoms with Crippen LogP contribution in [0, 0.1) is 0 Å². The Morgan fingerprint density at radius 2 is 2.25 bits per heavy atom. The van der Waals surface area contributed by atoms with Crippen LogP contribution in [-0.4, -0.2) is 22.1 Å². The van der Waals surface area contributed by atoms with E-state index in [-0.39, 0.29) is 6.04 Å². The minimum Gasteiger partial charge on any atom is -0.481 e. The lowest BCUT2D eigenvalue weighted by atomic mass is 9.90. The van der Waals surface area contributed by atoms with E-state index in [9.17, 15) is 9.90 Å². The number of rotatable bonds is 6. The monoisotopic (exact) mass is 310 g/mol. The molecule has 0 saturated carbocycles. The van der Waals surface area contributed by atoms with Gasteiger partial charge in [0, 0.05) is 11.4 Å². The van der Waals surface area contributed by atoms with Gasteiger partial charge in [0.1, 0.15) is 5.41 Å². The summed E-state index contributed by atoms with van der Waals surface area (Å²) in [5.74, 6) is -0.860. The van der Waals surface area contributed by atoms with Gasteiger partial charge in [-0.1, -0.05) is 0 Å². The summed E-state index contributed by atoms with van der Waals surface area (Å²) >= 11 is 3.14. The summed E-state index contributed by atoms with van der Waals surface area (Å²) in [7, 11) is 0. The van der Waals surface area contributed by atoms with Crippen molar-refractivity contribution < 1.29 is 9.90 Å². The third-order valence-electron chi connectivity index (χ3n) is 3.17. The van der Waals surface area contributed by atoms with Crippen molar-refractivity contribution in [3.63, 3.8) is 0 Å². The number of nitrogens with one attached hydrogen (secondary N) is 1. The third-order valence-corrected chi connectivity index (χ3v) is 4.68. The number of carboxylic acids is 1. The topological polar surface area (TPSA) is 62.2 Å². The number of aromatic nitrogens is 1. The Labute approximate surface area is 126 Å². The van der Waals surface area contributed by atoms with E-state index in [2.05, 4.69) is 34.1 Å². The van der Waals surface area contributed by atoms with Crippen LogP contribution in [0.1, 0.15) is 32.0 Å². The van der Waals surface area contributed by atoms with E-state index < -0.39 is 11.4 Å². The summed E-state index contributed by atoms with van der Waals surface area (Å²) in [6.45, 7) is 5.44. The summed E-state index contributed by atoms with van der Waals surface area (Å²) in [6.07, 6.45) is 0.931. The van der Waals surface area contributed by atoms with Gasteiger partial charge in [0.2, 0.25) is 0 Å². The normalized spacial score (nSPS) is 13.2. The quantitative estimate of drug-likeness (QED) is 0.855. The van der Waals surface area contributed by atoms with Crippen LogP contribution in [0.2, 0.25) is 0 Å². The molecule has 0 amide bonds. The van der Waals surface area contributed by atoms with Gasteiger partial charge in [0.25, 0.3) is 0 Å². The van der Waals surface area contributed by atoms with Crippen LogP contribution in [0.5, 0.6) is 0 Å². The van der Waals surface area contributed by atoms with E-state index in [1.165, 1.54) is 16.9 Å². The fourth-order valence-corrected chi connectivity index (χ4v) is 3.43. The van der Waals surface area contributed by atoms with E-state index in [1.807, 2.05) is 5.38 Å². The Morgan fingerprint density at radius 1 is 1.50 bits per heavy atom. The molecular formula is C14H18N2O2S2. The van der Waals surface area contributed by atoms with Crippen LogP contribution >= 0.6 is 22.7 Å². The Hall–Kier alpha value is -1.40. The second-order valence-corrected chi connectivity index (χ2v) is 6.99. The lowest BCUT2D eigenvalue weighted by Gasteiger charge is -2.16. The van der Waals surface area contributed by atoms with Crippen molar-refractivity contribution >= 4 is 33.8 Å². The largest absolute Gasteiger partial charge is 0.481 e. The minimum atomic E-state index is -0.951. The Balaban J connectivity index is 2.01. The highest BCUT2D eigenvalue weighted by Crippen LogP contribution is 2.27. The van der Waals surface area contributed by atoms with Crippen molar-refractivity contribution in [1.82, 2.24) is 4.98 Å². The fourth-order valence-electron chi connectivity index (χ4n) is 1.76. The molecule has 2 rings (SSSR count). The Kier molecular flexibility index (Phi) is 4.45. The zero-order chi connectivity index (χ0) is 14.8. The van der Waals surface area contributed by atoms with Crippen molar-refractivity contribution in [2.24, 2.45) is 0 Å². The molecule has 0 bridgehead atoms. The molecule has 0 aliphatic carbocycles. The summed E-state index contributed by atoms with van der Waals surface area (Å²) in [6, 6.07) is 2.38. The van der Waals surface area contributed by atoms with Crippen LogP contribution < -0.4 is 5.32 Å². The van der Waals surface area contributed by atoms with Crippen LogP contribution in [0.3, 0.4) is 0 Å². The maximum atomic E-state index is 11.2. The molecule has 0 fully saturated rings. The van der Waals surface area contributed by atoms with Gasteiger partial charge in [-0.25, -0.2) is 4.98 Å². The first-order valence-corrected chi connectivity index (χ1v) is 8.19. The van der Waals surface area contributed by atoms with Gasteiger partial charge < -0.3 is 10.4 Å². The number of carbonyl (C=O) groups is 1. The lowest BCUT2D eigenvalue weighted by Crippen LogP contribution is -2.29. The van der Waals surface area contributed by atoms with Gasteiger partial charge in [-0.15, -0.1) is 11.3 Å². The zero-order valence-electron chi connectivity index (χ0n) is 11.7. The molecule has 0 spiro atoms. The molecule has 2 aromatic rings.